The highest BCUT2D eigenvalue weighted by atomic mass is 16.7. The second-order valence-electron chi connectivity index (χ2n) is 7.69. The molecule has 1 saturated heterocycles. The van der Waals surface area contributed by atoms with Gasteiger partial charge in [0, 0.05) is 27.7 Å². The van der Waals surface area contributed by atoms with E-state index in [2.05, 4.69) is 0 Å². The normalized spacial score (nSPS) is 24.1. The quantitative estimate of drug-likeness (QED) is 0.436. The molecule has 1 aliphatic heterocycles. The summed E-state index contributed by atoms with van der Waals surface area (Å²) in [5, 5.41) is 1.88. The third-order valence-corrected chi connectivity index (χ3v) is 4.92. The number of hydrogen-bond donors (Lipinski definition) is 0. The monoisotopic (exact) mass is 474 g/mol. The number of fused-ring (bicyclic) bond motifs is 1. The number of ether oxygens (including phenoxy) is 6. The number of benzene rings is 2. The summed E-state index contributed by atoms with van der Waals surface area (Å²) in [6, 6.07) is 12.9. The fourth-order valence-electron chi connectivity index (χ4n) is 3.66. The van der Waals surface area contributed by atoms with E-state index in [1.807, 2.05) is 30.3 Å². The Morgan fingerprint density at radius 3 is 1.94 bits per heavy atom. The number of esters is 4. The fraction of sp³-hybridized carbons (Fsp3) is 0.417. The topological polar surface area (TPSA) is 124 Å². The van der Waals surface area contributed by atoms with E-state index in [0.717, 1.165) is 24.6 Å². The van der Waals surface area contributed by atoms with Crippen LogP contribution in [0.3, 0.4) is 0 Å². The van der Waals surface area contributed by atoms with Crippen molar-refractivity contribution in [3.8, 4) is 5.75 Å². The Morgan fingerprint density at radius 2 is 1.32 bits per heavy atom. The van der Waals surface area contributed by atoms with Crippen molar-refractivity contribution < 1.29 is 47.6 Å². The van der Waals surface area contributed by atoms with Gasteiger partial charge in [-0.05, 0) is 22.9 Å². The van der Waals surface area contributed by atoms with Crippen molar-refractivity contribution in [1.29, 1.82) is 0 Å². The molecule has 34 heavy (non-hydrogen) atoms. The molecule has 0 spiro atoms. The molecule has 3 rings (SSSR count). The zero-order chi connectivity index (χ0) is 24.8. The highest BCUT2D eigenvalue weighted by molar-refractivity contribution is 5.83. The van der Waals surface area contributed by atoms with Crippen LogP contribution in [-0.4, -0.2) is 61.2 Å². The molecule has 1 fully saturated rings. The molecule has 0 N–H and O–H groups in total. The highest BCUT2D eigenvalue weighted by Gasteiger charge is 2.53. The summed E-state index contributed by atoms with van der Waals surface area (Å²) in [7, 11) is 0. The van der Waals surface area contributed by atoms with Gasteiger partial charge in [-0.25, -0.2) is 0 Å². The lowest BCUT2D eigenvalue weighted by atomic mass is 9.98. The summed E-state index contributed by atoms with van der Waals surface area (Å²) in [4.78, 5) is 47.0. The van der Waals surface area contributed by atoms with Gasteiger partial charge in [-0.3, -0.25) is 19.2 Å². The van der Waals surface area contributed by atoms with E-state index in [1.165, 1.54) is 13.8 Å². The molecule has 1 aliphatic rings. The van der Waals surface area contributed by atoms with Gasteiger partial charge in [-0.2, -0.15) is 0 Å². The van der Waals surface area contributed by atoms with Crippen LogP contribution in [0.5, 0.6) is 5.75 Å². The lowest BCUT2D eigenvalue weighted by Gasteiger charge is -2.43. The van der Waals surface area contributed by atoms with Crippen LogP contribution >= 0.6 is 0 Å². The van der Waals surface area contributed by atoms with Gasteiger partial charge in [-0.15, -0.1) is 0 Å². The molecule has 182 valence electrons. The molecule has 2 aromatic carbocycles. The number of rotatable bonds is 7. The summed E-state index contributed by atoms with van der Waals surface area (Å²) in [6.45, 7) is 4.37. The van der Waals surface area contributed by atoms with Crippen molar-refractivity contribution >= 4 is 34.6 Å². The van der Waals surface area contributed by atoms with E-state index in [4.69, 9.17) is 28.4 Å². The van der Waals surface area contributed by atoms with E-state index in [9.17, 15) is 19.2 Å². The predicted molar refractivity (Wildman–Crippen MR) is 117 cm³/mol. The standard InChI is InChI=1S/C24H26O10/c1-13(25)29-12-20-21(30-14(2)26)22(31-15(3)27)23(32-16(4)28)24(34-20)33-19-10-9-17-7-5-6-8-18(17)11-19/h5-11,20-24H,12H2,1-4H3/t20-,21-,22+,23-,24+/m0/s1. The third kappa shape index (κ3) is 6.44. The number of carbonyl (C=O) groups excluding carboxylic acids is 4. The van der Waals surface area contributed by atoms with Crippen LogP contribution in [0.1, 0.15) is 27.7 Å². The third-order valence-electron chi connectivity index (χ3n) is 4.92. The maximum atomic E-state index is 11.9. The molecule has 0 radical (unpaired) electrons. The molecular weight excluding hydrogens is 448 g/mol. The molecule has 0 saturated carbocycles. The lowest BCUT2D eigenvalue weighted by molar-refractivity contribution is -0.288. The highest BCUT2D eigenvalue weighted by Crippen LogP contribution is 2.31. The maximum absolute atomic E-state index is 11.9. The van der Waals surface area contributed by atoms with Gasteiger partial charge in [0.2, 0.25) is 12.4 Å². The minimum Gasteiger partial charge on any atom is -0.463 e. The molecule has 2 aromatic rings. The van der Waals surface area contributed by atoms with Crippen LogP contribution in [0.25, 0.3) is 10.8 Å². The van der Waals surface area contributed by atoms with Crippen LogP contribution in [0.15, 0.2) is 42.5 Å². The molecule has 10 nitrogen and oxygen atoms in total. The van der Waals surface area contributed by atoms with Gasteiger partial charge >= 0.3 is 23.9 Å². The average molecular weight is 474 g/mol. The second-order valence-corrected chi connectivity index (χ2v) is 7.69. The molecule has 10 heteroatoms. The smallest absolute Gasteiger partial charge is 0.303 e. The Morgan fingerprint density at radius 1 is 0.735 bits per heavy atom. The SMILES string of the molecule is CC(=O)OC[C@@H]1O[C@@H](Oc2ccc3ccccc3c2)[C@@H](OC(C)=O)[C@H](OC(C)=O)[C@H]1OC(C)=O. The Hall–Kier alpha value is -3.66. The minimum atomic E-state index is -1.29. The second kappa shape index (κ2) is 11.0. The predicted octanol–water partition coefficient (Wildman–Crippen LogP) is 2.30. The van der Waals surface area contributed by atoms with E-state index < -0.39 is 54.6 Å². The maximum Gasteiger partial charge on any atom is 0.303 e. The molecular formula is C24H26O10. The van der Waals surface area contributed by atoms with Crippen molar-refractivity contribution in [1.82, 2.24) is 0 Å². The van der Waals surface area contributed by atoms with Gasteiger partial charge in [0.05, 0.1) is 0 Å². The van der Waals surface area contributed by atoms with Crippen LogP contribution in [0.2, 0.25) is 0 Å². The van der Waals surface area contributed by atoms with E-state index in [1.54, 1.807) is 12.1 Å². The Kier molecular flexibility index (Phi) is 8.06. The molecule has 0 bridgehead atoms. The van der Waals surface area contributed by atoms with Gasteiger partial charge < -0.3 is 28.4 Å². The molecule has 0 aliphatic carbocycles. The van der Waals surface area contributed by atoms with E-state index >= 15 is 0 Å². The minimum absolute atomic E-state index is 0.324. The first kappa shape index (κ1) is 25.0. The summed E-state index contributed by atoms with van der Waals surface area (Å²) >= 11 is 0. The van der Waals surface area contributed by atoms with Crippen LogP contribution < -0.4 is 4.74 Å². The van der Waals surface area contributed by atoms with Crippen LogP contribution in [0, 0.1) is 0 Å². The van der Waals surface area contributed by atoms with Crippen molar-refractivity contribution in [3.63, 3.8) is 0 Å². The number of carbonyl (C=O) groups is 4. The Labute approximate surface area is 196 Å². The molecule has 0 aromatic heterocycles. The lowest BCUT2D eigenvalue weighted by Crippen LogP contribution is -2.63. The molecule has 0 amide bonds. The summed E-state index contributed by atoms with van der Waals surface area (Å²) in [5.41, 5.74) is 0. The van der Waals surface area contributed by atoms with Crippen molar-refractivity contribution in [3.05, 3.63) is 42.5 Å². The molecule has 5 atom stereocenters. The van der Waals surface area contributed by atoms with E-state index in [-0.39, 0.29) is 6.61 Å². The summed E-state index contributed by atoms with van der Waals surface area (Å²) in [6.07, 6.45) is -6.16. The number of hydrogen-bond acceptors (Lipinski definition) is 10. The summed E-state index contributed by atoms with van der Waals surface area (Å²) in [5.74, 6) is -2.31. The first-order valence-corrected chi connectivity index (χ1v) is 10.6. The largest absolute Gasteiger partial charge is 0.463 e. The van der Waals surface area contributed by atoms with Gasteiger partial charge in [-0.1, -0.05) is 30.3 Å². The fourth-order valence-corrected chi connectivity index (χ4v) is 3.66. The Balaban J connectivity index is 1.98. The van der Waals surface area contributed by atoms with Crippen molar-refractivity contribution in [2.45, 2.75) is 58.4 Å². The molecule has 1 heterocycles. The first-order valence-electron chi connectivity index (χ1n) is 10.6. The first-order chi connectivity index (χ1) is 16.1. The van der Waals surface area contributed by atoms with Gasteiger partial charge in [0.25, 0.3) is 0 Å². The van der Waals surface area contributed by atoms with Gasteiger partial charge in [0.1, 0.15) is 18.5 Å². The zero-order valence-corrected chi connectivity index (χ0v) is 19.2. The van der Waals surface area contributed by atoms with Gasteiger partial charge in [0.15, 0.2) is 12.2 Å². The summed E-state index contributed by atoms with van der Waals surface area (Å²) < 4.78 is 33.1. The Bertz CT molecular complexity index is 1060. The van der Waals surface area contributed by atoms with Crippen LogP contribution in [-0.2, 0) is 42.9 Å². The van der Waals surface area contributed by atoms with Crippen molar-refractivity contribution in [2.75, 3.05) is 6.61 Å². The van der Waals surface area contributed by atoms with Crippen molar-refractivity contribution in [2.24, 2.45) is 0 Å². The van der Waals surface area contributed by atoms with Crippen LogP contribution in [0.4, 0.5) is 0 Å². The van der Waals surface area contributed by atoms with E-state index in [0.29, 0.717) is 5.75 Å². The molecule has 0 unspecified atom stereocenters. The zero-order valence-electron chi connectivity index (χ0n) is 19.2. The average Bonchev–Trinajstić information content (AvgIpc) is 2.75.